The standard InChI is InChI=1S/C20H19N3O2S/c1-24-15-9-7-14(8-10-15)13-23-19(17-6-4-12-25-17)18(22-20(23)26)16-5-2-3-11-21-16/h2-12,18-19H,13H2,1H3,(H,22,26). The van der Waals surface area contributed by atoms with Crippen molar-refractivity contribution < 1.29 is 9.15 Å². The highest BCUT2D eigenvalue weighted by atomic mass is 32.1. The molecule has 0 amide bonds. The summed E-state index contributed by atoms with van der Waals surface area (Å²) in [4.78, 5) is 6.66. The SMILES string of the molecule is COc1ccc(CN2C(=S)NC(c3ccccn3)C2c2ccco2)cc1. The Labute approximate surface area is 157 Å². The summed E-state index contributed by atoms with van der Waals surface area (Å²) in [5.41, 5.74) is 2.08. The first kappa shape index (κ1) is 16.6. The fourth-order valence-corrected chi connectivity index (χ4v) is 3.58. The summed E-state index contributed by atoms with van der Waals surface area (Å²) in [6.07, 6.45) is 3.49. The molecule has 2 unspecified atom stereocenters. The molecule has 1 saturated heterocycles. The molecule has 2 aromatic heterocycles. The highest BCUT2D eigenvalue weighted by molar-refractivity contribution is 7.80. The second-order valence-corrected chi connectivity index (χ2v) is 6.50. The quantitative estimate of drug-likeness (QED) is 0.693. The molecule has 2 atom stereocenters. The molecule has 3 heterocycles. The molecule has 1 aliphatic heterocycles. The third kappa shape index (κ3) is 3.15. The number of rotatable bonds is 5. The van der Waals surface area contributed by atoms with Gasteiger partial charge in [-0.1, -0.05) is 18.2 Å². The summed E-state index contributed by atoms with van der Waals surface area (Å²) in [7, 11) is 1.67. The van der Waals surface area contributed by atoms with Gasteiger partial charge in [-0.25, -0.2) is 0 Å². The van der Waals surface area contributed by atoms with E-state index in [4.69, 9.17) is 21.4 Å². The maximum atomic E-state index is 5.73. The van der Waals surface area contributed by atoms with Gasteiger partial charge in [-0.3, -0.25) is 4.98 Å². The van der Waals surface area contributed by atoms with Crippen LogP contribution >= 0.6 is 12.2 Å². The zero-order valence-electron chi connectivity index (χ0n) is 14.3. The molecule has 1 N–H and O–H groups in total. The monoisotopic (exact) mass is 365 g/mol. The number of thiocarbonyl (C=S) groups is 1. The third-order valence-corrected chi connectivity index (χ3v) is 4.90. The lowest BCUT2D eigenvalue weighted by molar-refractivity contribution is 0.267. The van der Waals surface area contributed by atoms with E-state index < -0.39 is 0 Å². The summed E-state index contributed by atoms with van der Waals surface area (Å²) in [6.45, 7) is 0.671. The summed E-state index contributed by atoms with van der Waals surface area (Å²) < 4.78 is 11.0. The minimum atomic E-state index is -0.0619. The minimum Gasteiger partial charge on any atom is -0.497 e. The zero-order chi connectivity index (χ0) is 17.9. The van der Waals surface area contributed by atoms with Gasteiger partial charge < -0.3 is 19.4 Å². The number of methoxy groups -OCH3 is 1. The molecule has 5 nitrogen and oxygen atoms in total. The molecular formula is C20H19N3O2S. The number of aromatic nitrogens is 1. The first-order valence-electron chi connectivity index (χ1n) is 8.40. The predicted molar refractivity (Wildman–Crippen MR) is 103 cm³/mol. The highest BCUT2D eigenvalue weighted by Gasteiger charge is 2.41. The van der Waals surface area contributed by atoms with Gasteiger partial charge in [-0.2, -0.15) is 0 Å². The van der Waals surface area contributed by atoms with Crippen LogP contribution in [0.4, 0.5) is 0 Å². The van der Waals surface area contributed by atoms with E-state index in [0.29, 0.717) is 11.7 Å². The molecule has 0 radical (unpaired) electrons. The van der Waals surface area contributed by atoms with Crippen molar-refractivity contribution in [3.05, 3.63) is 84.1 Å². The van der Waals surface area contributed by atoms with Crippen molar-refractivity contribution in [3.63, 3.8) is 0 Å². The van der Waals surface area contributed by atoms with Crippen LogP contribution in [0, 0.1) is 0 Å². The van der Waals surface area contributed by atoms with E-state index in [1.807, 2.05) is 42.5 Å². The van der Waals surface area contributed by atoms with Gasteiger partial charge in [0.2, 0.25) is 0 Å². The zero-order valence-corrected chi connectivity index (χ0v) is 15.1. The molecule has 0 aliphatic carbocycles. The number of nitrogens with one attached hydrogen (secondary N) is 1. The van der Waals surface area contributed by atoms with Crippen molar-refractivity contribution in [1.29, 1.82) is 0 Å². The minimum absolute atomic E-state index is 0.0606. The van der Waals surface area contributed by atoms with Crippen LogP contribution in [-0.4, -0.2) is 22.1 Å². The van der Waals surface area contributed by atoms with E-state index in [0.717, 1.165) is 22.8 Å². The molecule has 26 heavy (non-hydrogen) atoms. The van der Waals surface area contributed by atoms with E-state index in [1.165, 1.54) is 0 Å². The van der Waals surface area contributed by atoms with Crippen molar-refractivity contribution in [1.82, 2.24) is 15.2 Å². The number of furan rings is 1. The molecule has 0 bridgehead atoms. The Morgan fingerprint density at radius 1 is 1.15 bits per heavy atom. The Morgan fingerprint density at radius 3 is 2.65 bits per heavy atom. The number of pyridine rings is 1. The van der Waals surface area contributed by atoms with Crippen LogP contribution in [0.1, 0.15) is 29.1 Å². The summed E-state index contributed by atoms with van der Waals surface area (Å²) in [5, 5.41) is 4.10. The number of nitrogens with zero attached hydrogens (tertiary/aromatic N) is 2. The average molecular weight is 365 g/mol. The van der Waals surface area contributed by atoms with Crippen LogP contribution in [0.3, 0.4) is 0 Å². The van der Waals surface area contributed by atoms with E-state index in [1.54, 1.807) is 19.6 Å². The summed E-state index contributed by atoms with van der Waals surface area (Å²) in [5.74, 6) is 1.70. The van der Waals surface area contributed by atoms with Gasteiger partial charge in [0.1, 0.15) is 17.6 Å². The normalized spacial score (nSPS) is 19.4. The molecule has 1 aromatic carbocycles. The van der Waals surface area contributed by atoms with Gasteiger partial charge in [0.25, 0.3) is 0 Å². The lowest BCUT2D eigenvalue weighted by Gasteiger charge is -2.26. The van der Waals surface area contributed by atoms with Crippen molar-refractivity contribution in [3.8, 4) is 5.75 Å². The van der Waals surface area contributed by atoms with Crippen LogP contribution in [0.25, 0.3) is 0 Å². The maximum Gasteiger partial charge on any atom is 0.170 e. The van der Waals surface area contributed by atoms with Gasteiger partial charge in [-0.15, -0.1) is 0 Å². The largest absolute Gasteiger partial charge is 0.497 e. The van der Waals surface area contributed by atoms with Gasteiger partial charge in [0, 0.05) is 12.7 Å². The summed E-state index contributed by atoms with van der Waals surface area (Å²) >= 11 is 5.64. The Kier molecular flexibility index (Phi) is 4.58. The summed E-state index contributed by atoms with van der Waals surface area (Å²) in [6, 6.07) is 17.7. The second-order valence-electron chi connectivity index (χ2n) is 6.12. The molecule has 132 valence electrons. The van der Waals surface area contributed by atoms with Crippen molar-refractivity contribution in [2.24, 2.45) is 0 Å². The van der Waals surface area contributed by atoms with E-state index in [2.05, 4.69) is 27.3 Å². The molecule has 6 heteroatoms. The third-order valence-electron chi connectivity index (χ3n) is 4.54. The fraction of sp³-hybridized carbons (Fsp3) is 0.200. The Hall–Kier alpha value is -2.86. The van der Waals surface area contributed by atoms with Gasteiger partial charge in [-0.05, 0) is 54.2 Å². The van der Waals surface area contributed by atoms with E-state index in [-0.39, 0.29) is 12.1 Å². The van der Waals surface area contributed by atoms with Crippen molar-refractivity contribution >= 4 is 17.3 Å². The lowest BCUT2D eigenvalue weighted by atomic mass is 10.0. The molecule has 0 saturated carbocycles. The van der Waals surface area contributed by atoms with Crippen LogP contribution < -0.4 is 10.1 Å². The first-order valence-corrected chi connectivity index (χ1v) is 8.81. The van der Waals surface area contributed by atoms with Gasteiger partial charge >= 0.3 is 0 Å². The number of hydrogen-bond acceptors (Lipinski definition) is 4. The fourth-order valence-electron chi connectivity index (χ4n) is 3.27. The maximum absolute atomic E-state index is 5.73. The van der Waals surface area contributed by atoms with Crippen LogP contribution in [0.2, 0.25) is 0 Å². The Balaban J connectivity index is 1.66. The van der Waals surface area contributed by atoms with Gasteiger partial charge in [0.05, 0.1) is 25.1 Å². The first-order chi connectivity index (χ1) is 12.8. The molecule has 4 rings (SSSR count). The molecule has 0 spiro atoms. The smallest absolute Gasteiger partial charge is 0.170 e. The number of ether oxygens (including phenoxy) is 1. The average Bonchev–Trinajstić information content (AvgIpc) is 3.32. The number of hydrogen-bond donors (Lipinski definition) is 1. The Bertz CT molecular complexity index is 866. The van der Waals surface area contributed by atoms with Crippen molar-refractivity contribution in [2.45, 2.75) is 18.6 Å². The van der Waals surface area contributed by atoms with E-state index >= 15 is 0 Å². The van der Waals surface area contributed by atoms with Crippen molar-refractivity contribution in [2.75, 3.05) is 7.11 Å². The molecule has 1 aliphatic rings. The van der Waals surface area contributed by atoms with E-state index in [9.17, 15) is 0 Å². The highest BCUT2D eigenvalue weighted by Crippen LogP contribution is 2.39. The lowest BCUT2D eigenvalue weighted by Crippen LogP contribution is -2.29. The van der Waals surface area contributed by atoms with Crippen LogP contribution in [0.15, 0.2) is 71.5 Å². The molecular weight excluding hydrogens is 346 g/mol. The second kappa shape index (κ2) is 7.17. The van der Waals surface area contributed by atoms with Crippen LogP contribution in [0.5, 0.6) is 5.75 Å². The molecule has 3 aromatic rings. The predicted octanol–water partition coefficient (Wildman–Crippen LogP) is 3.86. The Morgan fingerprint density at radius 2 is 2.00 bits per heavy atom. The topological polar surface area (TPSA) is 50.5 Å². The number of benzene rings is 1. The van der Waals surface area contributed by atoms with Gasteiger partial charge in [0.15, 0.2) is 5.11 Å². The molecule has 1 fully saturated rings. The van der Waals surface area contributed by atoms with Crippen LogP contribution in [-0.2, 0) is 6.54 Å².